The molecule has 0 bridgehead atoms. The van der Waals surface area contributed by atoms with Crippen molar-refractivity contribution < 1.29 is 24.6 Å². The molecule has 2 unspecified atom stereocenters. The van der Waals surface area contributed by atoms with Gasteiger partial charge >= 0.3 is 11.7 Å². The first kappa shape index (κ1) is 40.6. The van der Waals surface area contributed by atoms with Gasteiger partial charge in [0.15, 0.2) is 16.9 Å². The number of Topliss-reactive ketones (excluding diaryl/α,β-unsaturated/α-hetero) is 1. The van der Waals surface area contributed by atoms with Crippen LogP contribution < -0.4 is 33.3 Å². The molecule has 53 heavy (non-hydrogen) atoms. The maximum atomic E-state index is 14.0. The average Bonchev–Trinajstić information content (AvgIpc) is 3.49. The van der Waals surface area contributed by atoms with Gasteiger partial charge in [-0.1, -0.05) is 56.3 Å². The van der Waals surface area contributed by atoms with E-state index in [1.165, 1.54) is 21.3 Å². The van der Waals surface area contributed by atoms with Crippen molar-refractivity contribution in [2.24, 2.45) is 5.73 Å². The summed E-state index contributed by atoms with van der Waals surface area (Å²) in [6.45, 7) is 5.79. The Bertz CT molecular complexity index is 1990. The van der Waals surface area contributed by atoms with Gasteiger partial charge in [-0.3, -0.25) is 28.3 Å². The van der Waals surface area contributed by atoms with Crippen molar-refractivity contribution in [1.82, 2.24) is 29.3 Å². The number of carbonyl (C=O) groups is 3. The third-order valence-corrected chi connectivity index (χ3v) is 9.13. The number of carbonyl (C=O) groups excluding carboxylic acids is 2. The molecule has 4 aromatic rings. The highest BCUT2D eigenvalue weighted by atomic mass is 16.4. The number of aliphatic hydroxyl groups is 1. The van der Waals surface area contributed by atoms with E-state index in [1.54, 1.807) is 6.07 Å². The second-order valence-electron chi connectivity index (χ2n) is 13.2. The fourth-order valence-corrected chi connectivity index (χ4v) is 6.21. The van der Waals surface area contributed by atoms with E-state index in [0.717, 1.165) is 5.56 Å². The summed E-state index contributed by atoms with van der Waals surface area (Å²) in [5, 5.41) is 25.2. The number of anilines is 1. The Hall–Kier alpha value is -5.12. The lowest BCUT2D eigenvalue weighted by Crippen LogP contribution is -2.42. The molecule has 0 aliphatic rings. The zero-order chi connectivity index (χ0) is 38.5. The Balaban J connectivity index is 1.67. The molecule has 2 aromatic heterocycles. The van der Waals surface area contributed by atoms with Crippen LogP contribution in [0.1, 0.15) is 79.7 Å². The topological polar surface area (TPSA) is 230 Å². The van der Waals surface area contributed by atoms with E-state index in [9.17, 15) is 34.2 Å². The summed E-state index contributed by atoms with van der Waals surface area (Å²) >= 11 is 0. The van der Waals surface area contributed by atoms with Gasteiger partial charge in [-0.25, -0.2) is 9.78 Å². The Kier molecular flexibility index (Phi) is 15.1. The first-order valence-corrected chi connectivity index (χ1v) is 18.3. The number of aryl methyl sites for hydroxylation is 2. The van der Waals surface area contributed by atoms with Gasteiger partial charge in [-0.15, -0.1) is 0 Å². The van der Waals surface area contributed by atoms with Gasteiger partial charge in [0, 0.05) is 56.8 Å². The number of rotatable bonds is 22. The molecule has 2 atom stereocenters. The van der Waals surface area contributed by atoms with Crippen molar-refractivity contribution in [3.8, 4) is 0 Å². The zero-order valence-electron chi connectivity index (χ0n) is 30.6. The molecule has 2 aromatic carbocycles. The predicted molar refractivity (Wildman–Crippen MR) is 203 cm³/mol. The number of fused-ring (bicyclic) bond motifs is 1. The third-order valence-electron chi connectivity index (χ3n) is 9.13. The second kappa shape index (κ2) is 19.6. The molecule has 286 valence electrons. The molecule has 0 fully saturated rings. The highest BCUT2D eigenvalue weighted by Gasteiger charge is 2.26. The quantitative estimate of drug-likeness (QED) is 0.0388. The number of hydrogen-bond acceptors (Lipinski definition) is 10. The van der Waals surface area contributed by atoms with Crippen LogP contribution in [0.15, 0.2) is 58.1 Å². The first-order chi connectivity index (χ1) is 25.5. The van der Waals surface area contributed by atoms with Crippen molar-refractivity contribution in [2.45, 2.75) is 97.0 Å². The minimum absolute atomic E-state index is 0.117. The number of amides is 1. The highest BCUT2D eigenvalue weighted by molar-refractivity contribution is 6.04. The van der Waals surface area contributed by atoms with Crippen LogP contribution in [0.3, 0.4) is 0 Å². The fraction of sp³-hybridized carbons (Fsp3) is 0.474. The van der Waals surface area contributed by atoms with Crippen LogP contribution in [0, 0.1) is 0 Å². The van der Waals surface area contributed by atoms with Crippen molar-refractivity contribution in [1.29, 1.82) is 0 Å². The number of benzene rings is 2. The summed E-state index contributed by atoms with van der Waals surface area (Å²) in [6, 6.07) is 13.1. The molecule has 8 N–H and O–H groups in total. The van der Waals surface area contributed by atoms with Crippen molar-refractivity contribution in [3.63, 3.8) is 0 Å². The Morgan fingerprint density at radius 3 is 2.38 bits per heavy atom. The van der Waals surface area contributed by atoms with Gasteiger partial charge in [-0.05, 0) is 55.8 Å². The molecule has 1 amide bonds. The van der Waals surface area contributed by atoms with Crippen LogP contribution in [-0.4, -0.2) is 78.3 Å². The number of aliphatic carboxylic acids is 1. The van der Waals surface area contributed by atoms with E-state index >= 15 is 0 Å². The standard InChI is InChI=1S/C38H52N8O7/c1-3-18-46-37(52)34-36(43-31(21-25-10-6-5-7-11-25)44(34)20-17-41-24-28(47)4-2)45(38(46)53)19-15-26-13-14-27(22-29(26)40)35(51)30(23-33(49)50)42-32(48)12-8-9-16-39/h5-7,10-11,13-14,22,28,30,41,47H,3-4,8-9,12,15-21,23-24,39-40H2,1-2H3,(H,42,48)(H,49,50). The molecular formula is C38H52N8O7. The maximum absolute atomic E-state index is 14.0. The zero-order valence-corrected chi connectivity index (χ0v) is 30.6. The van der Waals surface area contributed by atoms with E-state index in [-0.39, 0.29) is 42.8 Å². The number of hydrogen-bond donors (Lipinski definition) is 6. The smallest absolute Gasteiger partial charge is 0.332 e. The molecule has 4 rings (SSSR count). The second-order valence-corrected chi connectivity index (χ2v) is 13.2. The van der Waals surface area contributed by atoms with Crippen LogP contribution in [-0.2, 0) is 42.1 Å². The Morgan fingerprint density at radius 2 is 1.72 bits per heavy atom. The van der Waals surface area contributed by atoms with E-state index in [4.69, 9.17) is 16.5 Å². The average molecular weight is 733 g/mol. The number of carboxylic acids is 1. The Labute approximate surface area is 308 Å². The number of nitrogen functional groups attached to an aromatic ring is 1. The number of nitrogens with two attached hydrogens (primary N) is 2. The molecule has 0 saturated carbocycles. The normalized spacial score (nSPS) is 12.5. The van der Waals surface area contributed by atoms with E-state index in [1.807, 2.05) is 48.7 Å². The van der Waals surface area contributed by atoms with Crippen molar-refractivity contribution >= 4 is 34.5 Å². The molecule has 15 heteroatoms. The van der Waals surface area contributed by atoms with Crippen LogP contribution in [0.5, 0.6) is 0 Å². The van der Waals surface area contributed by atoms with E-state index < -0.39 is 47.5 Å². The molecule has 0 spiro atoms. The summed E-state index contributed by atoms with van der Waals surface area (Å²) in [6.07, 6.45) is 2.02. The number of ketones is 1. The molecule has 15 nitrogen and oxygen atoms in total. The lowest BCUT2D eigenvalue weighted by Gasteiger charge is -2.17. The van der Waals surface area contributed by atoms with Crippen LogP contribution in [0.2, 0.25) is 0 Å². The van der Waals surface area contributed by atoms with Crippen LogP contribution in [0.4, 0.5) is 5.69 Å². The third kappa shape index (κ3) is 10.7. The number of aliphatic hydroxyl groups excluding tert-OH is 1. The molecule has 2 heterocycles. The van der Waals surface area contributed by atoms with Gasteiger partial charge in [-0.2, -0.15) is 0 Å². The molecule has 0 aliphatic carbocycles. The summed E-state index contributed by atoms with van der Waals surface area (Å²) in [5.41, 5.74) is 13.6. The summed E-state index contributed by atoms with van der Waals surface area (Å²) in [4.78, 5) is 70.1. The largest absolute Gasteiger partial charge is 0.481 e. The van der Waals surface area contributed by atoms with Gasteiger partial charge in [0.2, 0.25) is 5.91 Å². The molecular weight excluding hydrogens is 680 g/mol. The number of nitrogens with zero attached hydrogens (tertiary/aromatic N) is 4. The van der Waals surface area contributed by atoms with Crippen molar-refractivity contribution in [2.75, 3.05) is 25.4 Å². The highest BCUT2D eigenvalue weighted by Crippen LogP contribution is 2.20. The lowest BCUT2D eigenvalue weighted by molar-refractivity contribution is -0.137. The number of carboxylic acid groups (broad SMARTS) is 1. The van der Waals surface area contributed by atoms with E-state index in [0.29, 0.717) is 75.2 Å². The first-order valence-electron chi connectivity index (χ1n) is 18.3. The SMILES string of the molecule is CCCn1c(=O)c2c(nc(Cc3ccccc3)n2CCNCC(O)CC)n(CCc2ccc(C(=O)C(CC(=O)O)NC(=O)CCCCN)cc2N)c1=O. The van der Waals surface area contributed by atoms with Gasteiger partial charge in [0.1, 0.15) is 11.9 Å². The van der Waals surface area contributed by atoms with Crippen LogP contribution >= 0.6 is 0 Å². The van der Waals surface area contributed by atoms with Gasteiger partial charge in [0.25, 0.3) is 5.56 Å². The molecule has 0 aliphatic heterocycles. The minimum Gasteiger partial charge on any atom is -0.481 e. The summed E-state index contributed by atoms with van der Waals surface area (Å²) in [5.74, 6) is -1.65. The minimum atomic E-state index is -1.28. The summed E-state index contributed by atoms with van der Waals surface area (Å²) in [7, 11) is 0. The van der Waals surface area contributed by atoms with Gasteiger partial charge in [0.05, 0.1) is 12.5 Å². The predicted octanol–water partition coefficient (Wildman–Crippen LogP) is 1.82. The molecule has 0 saturated heterocycles. The fourth-order valence-electron chi connectivity index (χ4n) is 6.21. The van der Waals surface area contributed by atoms with E-state index in [2.05, 4.69) is 10.6 Å². The number of unbranched alkanes of at least 4 members (excludes halogenated alkanes) is 1. The lowest BCUT2D eigenvalue weighted by atomic mass is 9.98. The van der Waals surface area contributed by atoms with Gasteiger partial charge < -0.3 is 36.9 Å². The summed E-state index contributed by atoms with van der Waals surface area (Å²) < 4.78 is 4.59. The number of aromatic nitrogens is 4. The number of imidazole rings is 1. The van der Waals surface area contributed by atoms with Crippen LogP contribution in [0.25, 0.3) is 11.2 Å². The Morgan fingerprint density at radius 1 is 0.962 bits per heavy atom. The van der Waals surface area contributed by atoms with Crippen molar-refractivity contribution in [3.05, 3.63) is 91.9 Å². The monoisotopic (exact) mass is 732 g/mol. The molecule has 0 radical (unpaired) electrons. The maximum Gasteiger partial charge on any atom is 0.332 e. The number of nitrogens with one attached hydrogen (secondary N) is 2.